The van der Waals surface area contributed by atoms with E-state index in [1.165, 1.54) is 17.5 Å². The van der Waals surface area contributed by atoms with E-state index >= 15 is 0 Å². The number of hydrogen-bond donors (Lipinski definition) is 1. The summed E-state index contributed by atoms with van der Waals surface area (Å²) in [5.74, 6) is 1.02. The molecule has 118 valence electrons. The lowest BCUT2D eigenvalue weighted by Crippen LogP contribution is -2.42. The minimum atomic E-state index is 0.0207. The molecule has 0 unspecified atom stereocenters. The molecular weight excluding hydrogens is 276 g/mol. The van der Waals surface area contributed by atoms with Crippen molar-refractivity contribution >= 4 is 16.9 Å². The summed E-state index contributed by atoms with van der Waals surface area (Å²) in [6, 6.07) is 5.98. The summed E-state index contributed by atoms with van der Waals surface area (Å²) in [7, 11) is 1.96. The monoisotopic (exact) mass is 300 g/mol. The molecule has 0 radical (unpaired) electrons. The molecule has 0 aliphatic carbocycles. The molecule has 4 nitrogen and oxygen atoms in total. The third kappa shape index (κ3) is 2.88. The Morgan fingerprint density at radius 1 is 1.32 bits per heavy atom. The number of benzene rings is 1. The molecule has 0 spiro atoms. The first-order valence-corrected chi connectivity index (χ1v) is 8.03. The number of rotatable bonds is 3. The Morgan fingerprint density at radius 3 is 2.86 bits per heavy atom. The van der Waals surface area contributed by atoms with Crippen molar-refractivity contribution in [3.05, 3.63) is 35.1 Å². The lowest BCUT2D eigenvalue weighted by molar-refractivity contribution is 0.0644. The van der Waals surface area contributed by atoms with E-state index in [1.807, 2.05) is 24.1 Å². The van der Waals surface area contributed by atoms with Crippen molar-refractivity contribution in [2.75, 3.05) is 26.7 Å². The smallest absolute Gasteiger partial charge is 0.289 e. The van der Waals surface area contributed by atoms with Crippen molar-refractivity contribution in [3.63, 3.8) is 0 Å². The normalized spacial score (nSPS) is 18.9. The number of carbonyl (C=O) groups is 1. The van der Waals surface area contributed by atoms with Crippen LogP contribution in [-0.4, -0.2) is 37.5 Å². The van der Waals surface area contributed by atoms with Crippen LogP contribution in [0.15, 0.2) is 22.6 Å². The Hall–Kier alpha value is -1.81. The maximum atomic E-state index is 12.7. The Morgan fingerprint density at radius 2 is 2.09 bits per heavy atom. The number of nitrogens with zero attached hydrogens (tertiary/aromatic N) is 1. The average Bonchev–Trinajstić information content (AvgIpc) is 2.90. The highest BCUT2D eigenvalue weighted by molar-refractivity contribution is 5.96. The van der Waals surface area contributed by atoms with Crippen molar-refractivity contribution in [3.8, 4) is 0 Å². The Bertz CT molecular complexity index is 649. The van der Waals surface area contributed by atoms with Gasteiger partial charge in [0, 0.05) is 18.5 Å². The van der Waals surface area contributed by atoms with Crippen LogP contribution in [0.4, 0.5) is 0 Å². The summed E-state index contributed by atoms with van der Waals surface area (Å²) in [5.41, 5.74) is 3.21. The molecule has 1 fully saturated rings. The van der Waals surface area contributed by atoms with Gasteiger partial charge in [-0.15, -0.1) is 0 Å². The van der Waals surface area contributed by atoms with E-state index in [0.717, 1.165) is 37.0 Å². The average molecular weight is 300 g/mol. The van der Waals surface area contributed by atoms with E-state index in [2.05, 4.69) is 25.2 Å². The van der Waals surface area contributed by atoms with Crippen LogP contribution in [0, 0.1) is 19.8 Å². The van der Waals surface area contributed by atoms with Gasteiger partial charge in [0.25, 0.3) is 5.91 Å². The molecule has 1 saturated heterocycles. The van der Waals surface area contributed by atoms with Gasteiger partial charge in [0.1, 0.15) is 5.58 Å². The zero-order valence-electron chi connectivity index (χ0n) is 13.6. The number of likely N-dealkylation sites (tertiary alicyclic amines) is 1. The molecule has 4 heteroatoms. The van der Waals surface area contributed by atoms with E-state index < -0.39 is 0 Å². The van der Waals surface area contributed by atoms with Gasteiger partial charge >= 0.3 is 0 Å². The topological polar surface area (TPSA) is 45.5 Å². The second-order valence-electron chi connectivity index (χ2n) is 6.40. The third-order valence-electron chi connectivity index (χ3n) is 4.64. The number of furan rings is 1. The number of carbonyl (C=O) groups excluding carboxylic acids is 1. The van der Waals surface area contributed by atoms with Gasteiger partial charge in [0.2, 0.25) is 0 Å². The van der Waals surface area contributed by atoms with E-state index in [1.54, 1.807) is 0 Å². The van der Waals surface area contributed by atoms with Gasteiger partial charge in [-0.25, -0.2) is 0 Å². The molecule has 1 aliphatic rings. The van der Waals surface area contributed by atoms with Crippen LogP contribution in [0.3, 0.4) is 0 Å². The Balaban J connectivity index is 1.82. The number of nitrogens with one attached hydrogen (secondary N) is 1. The van der Waals surface area contributed by atoms with E-state index in [0.29, 0.717) is 11.7 Å². The molecule has 1 aromatic heterocycles. The predicted molar refractivity (Wildman–Crippen MR) is 88.2 cm³/mol. The number of hydrogen-bond acceptors (Lipinski definition) is 3. The Labute approximate surface area is 131 Å². The van der Waals surface area contributed by atoms with Gasteiger partial charge in [0.05, 0.1) is 0 Å². The lowest BCUT2D eigenvalue weighted by atomic mass is 9.98. The Kier molecular flexibility index (Phi) is 4.21. The molecule has 1 atom stereocenters. The molecule has 1 N–H and O–H groups in total. The summed E-state index contributed by atoms with van der Waals surface area (Å²) in [4.78, 5) is 14.6. The highest BCUT2D eigenvalue weighted by atomic mass is 16.3. The number of aryl methyl sites for hydroxylation is 2. The molecule has 1 amide bonds. The fourth-order valence-electron chi connectivity index (χ4n) is 3.27. The quantitative estimate of drug-likeness (QED) is 0.947. The van der Waals surface area contributed by atoms with Gasteiger partial charge in [-0.1, -0.05) is 0 Å². The van der Waals surface area contributed by atoms with Crippen molar-refractivity contribution in [2.24, 2.45) is 5.92 Å². The fourth-order valence-corrected chi connectivity index (χ4v) is 3.27. The first-order chi connectivity index (χ1) is 10.6. The van der Waals surface area contributed by atoms with Gasteiger partial charge < -0.3 is 14.6 Å². The highest BCUT2D eigenvalue weighted by Crippen LogP contribution is 2.25. The van der Waals surface area contributed by atoms with Crippen molar-refractivity contribution in [1.82, 2.24) is 10.2 Å². The first-order valence-electron chi connectivity index (χ1n) is 8.03. The molecule has 2 aromatic rings. The van der Waals surface area contributed by atoms with Crippen molar-refractivity contribution < 1.29 is 9.21 Å². The minimum absolute atomic E-state index is 0.0207. The van der Waals surface area contributed by atoms with E-state index in [-0.39, 0.29) is 5.91 Å². The molecule has 0 saturated carbocycles. The number of piperidine rings is 1. The molecule has 1 aliphatic heterocycles. The SMILES string of the molecule is CNC[C@H]1CCCN(C(=O)c2cc3cc(C)c(C)cc3o2)C1. The third-order valence-corrected chi connectivity index (χ3v) is 4.64. The van der Waals surface area contributed by atoms with Crippen LogP contribution >= 0.6 is 0 Å². The number of fused-ring (bicyclic) bond motifs is 1. The van der Waals surface area contributed by atoms with Crippen LogP contribution in [0.2, 0.25) is 0 Å². The summed E-state index contributed by atoms with van der Waals surface area (Å²) in [5, 5.41) is 4.22. The fraction of sp³-hybridized carbons (Fsp3) is 0.500. The largest absolute Gasteiger partial charge is 0.451 e. The summed E-state index contributed by atoms with van der Waals surface area (Å²) < 4.78 is 5.81. The predicted octanol–water partition coefficient (Wildman–Crippen LogP) is 3.12. The number of amides is 1. The first kappa shape index (κ1) is 15.1. The van der Waals surface area contributed by atoms with E-state index in [9.17, 15) is 4.79 Å². The standard InChI is InChI=1S/C18H24N2O2/c1-12-7-15-9-17(22-16(15)8-13(12)2)18(21)20-6-4-5-14(11-20)10-19-3/h7-9,14,19H,4-6,10-11H2,1-3H3/t14-/m1/s1. The van der Waals surface area contributed by atoms with Crippen LogP contribution in [-0.2, 0) is 0 Å². The maximum absolute atomic E-state index is 12.7. The van der Waals surface area contributed by atoms with E-state index in [4.69, 9.17) is 4.42 Å². The maximum Gasteiger partial charge on any atom is 0.289 e. The van der Waals surface area contributed by atoms with Gasteiger partial charge in [-0.2, -0.15) is 0 Å². The zero-order chi connectivity index (χ0) is 15.7. The molecule has 22 heavy (non-hydrogen) atoms. The van der Waals surface area contributed by atoms with Crippen molar-refractivity contribution in [2.45, 2.75) is 26.7 Å². The highest BCUT2D eigenvalue weighted by Gasteiger charge is 2.26. The van der Waals surface area contributed by atoms with Gasteiger partial charge in [-0.05, 0) is 75.5 Å². The molecule has 3 rings (SSSR count). The zero-order valence-corrected chi connectivity index (χ0v) is 13.6. The van der Waals surface area contributed by atoms with Crippen molar-refractivity contribution in [1.29, 1.82) is 0 Å². The van der Waals surface area contributed by atoms with Crippen LogP contribution < -0.4 is 5.32 Å². The molecule has 1 aromatic carbocycles. The lowest BCUT2D eigenvalue weighted by Gasteiger charge is -2.32. The second-order valence-corrected chi connectivity index (χ2v) is 6.40. The molecular formula is C18H24N2O2. The summed E-state index contributed by atoms with van der Waals surface area (Å²) >= 11 is 0. The second kappa shape index (κ2) is 6.13. The summed E-state index contributed by atoms with van der Waals surface area (Å²) in [6.07, 6.45) is 2.25. The van der Waals surface area contributed by atoms with Crippen LogP contribution in [0.25, 0.3) is 11.0 Å². The molecule has 0 bridgehead atoms. The van der Waals surface area contributed by atoms with Gasteiger partial charge in [-0.3, -0.25) is 4.79 Å². The summed E-state index contributed by atoms with van der Waals surface area (Å²) in [6.45, 7) is 6.74. The van der Waals surface area contributed by atoms with Gasteiger partial charge in [0.15, 0.2) is 5.76 Å². The van der Waals surface area contributed by atoms with Crippen LogP contribution in [0.1, 0.15) is 34.5 Å². The minimum Gasteiger partial charge on any atom is -0.451 e. The molecule has 2 heterocycles. The van der Waals surface area contributed by atoms with Crippen LogP contribution in [0.5, 0.6) is 0 Å².